The van der Waals surface area contributed by atoms with Gasteiger partial charge in [-0.1, -0.05) is 6.92 Å². The zero-order chi connectivity index (χ0) is 10.8. The topological polar surface area (TPSA) is 30.5 Å². The Morgan fingerprint density at radius 3 is 2.29 bits per heavy atom. The van der Waals surface area contributed by atoms with Crippen molar-refractivity contribution in [1.82, 2.24) is 5.32 Å². The van der Waals surface area contributed by atoms with Crippen LogP contribution in [0.5, 0.6) is 0 Å². The van der Waals surface area contributed by atoms with E-state index in [2.05, 4.69) is 19.2 Å². The average molecular weight is 203 g/mol. The zero-order valence-electron chi connectivity index (χ0n) is 10.0. The molecule has 86 valence electrons. The lowest BCUT2D eigenvalue weighted by Crippen LogP contribution is -2.28. The van der Waals surface area contributed by atoms with Crippen molar-refractivity contribution >= 4 is 0 Å². The fraction of sp³-hybridized carbons (Fsp3) is 1.00. The minimum absolute atomic E-state index is 0.275. The van der Waals surface area contributed by atoms with Crippen LogP contribution in [0, 0.1) is 0 Å². The zero-order valence-corrected chi connectivity index (χ0v) is 10.0. The third-order valence-electron chi connectivity index (χ3n) is 1.80. The first-order chi connectivity index (χ1) is 6.66. The summed E-state index contributed by atoms with van der Waals surface area (Å²) >= 11 is 0. The highest BCUT2D eigenvalue weighted by Gasteiger charge is 2.01. The maximum Gasteiger partial charge on any atom is 0.0704 e. The van der Waals surface area contributed by atoms with Crippen LogP contribution in [0.2, 0.25) is 0 Å². The molecule has 0 aromatic rings. The molecule has 3 heteroatoms. The molecule has 0 saturated carbocycles. The SMILES string of the molecule is CCCNCC(C)OCCOC(C)C. The van der Waals surface area contributed by atoms with Crippen molar-refractivity contribution in [3.05, 3.63) is 0 Å². The van der Waals surface area contributed by atoms with E-state index in [1.807, 2.05) is 13.8 Å². The summed E-state index contributed by atoms with van der Waals surface area (Å²) in [7, 11) is 0. The minimum Gasteiger partial charge on any atom is -0.376 e. The second-order valence-corrected chi connectivity index (χ2v) is 3.81. The molecule has 0 aliphatic heterocycles. The summed E-state index contributed by atoms with van der Waals surface area (Å²) in [6.45, 7) is 11.7. The summed E-state index contributed by atoms with van der Waals surface area (Å²) in [5.74, 6) is 0. The molecule has 0 radical (unpaired) electrons. The van der Waals surface area contributed by atoms with Gasteiger partial charge in [0.1, 0.15) is 0 Å². The summed E-state index contributed by atoms with van der Waals surface area (Å²) in [5, 5.41) is 3.32. The molecule has 0 fully saturated rings. The Hall–Kier alpha value is -0.120. The van der Waals surface area contributed by atoms with E-state index in [1.165, 1.54) is 6.42 Å². The Morgan fingerprint density at radius 2 is 1.71 bits per heavy atom. The second-order valence-electron chi connectivity index (χ2n) is 3.81. The highest BCUT2D eigenvalue weighted by Crippen LogP contribution is 1.91. The van der Waals surface area contributed by atoms with E-state index in [1.54, 1.807) is 0 Å². The van der Waals surface area contributed by atoms with E-state index in [4.69, 9.17) is 9.47 Å². The molecule has 0 saturated heterocycles. The number of nitrogens with one attached hydrogen (secondary N) is 1. The molecular weight excluding hydrogens is 178 g/mol. The highest BCUT2D eigenvalue weighted by molar-refractivity contribution is 4.54. The van der Waals surface area contributed by atoms with Crippen molar-refractivity contribution < 1.29 is 9.47 Å². The number of hydrogen-bond donors (Lipinski definition) is 1. The molecule has 3 nitrogen and oxygen atoms in total. The predicted octanol–water partition coefficient (Wildman–Crippen LogP) is 1.82. The molecule has 0 amide bonds. The van der Waals surface area contributed by atoms with Gasteiger partial charge < -0.3 is 14.8 Å². The van der Waals surface area contributed by atoms with Crippen molar-refractivity contribution in [2.75, 3.05) is 26.3 Å². The van der Waals surface area contributed by atoms with Gasteiger partial charge in [-0.3, -0.25) is 0 Å². The normalized spacial score (nSPS) is 13.5. The lowest BCUT2D eigenvalue weighted by Gasteiger charge is -2.14. The lowest BCUT2D eigenvalue weighted by atomic mass is 10.4. The van der Waals surface area contributed by atoms with Crippen molar-refractivity contribution in [2.24, 2.45) is 0 Å². The molecule has 1 N–H and O–H groups in total. The molecule has 0 aromatic carbocycles. The lowest BCUT2D eigenvalue weighted by molar-refractivity contribution is -0.00601. The molecule has 0 aromatic heterocycles. The first-order valence-electron chi connectivity index (χ1n) is 5.60. The van der Waals surface area contributed by atoms with Crippen LogP contribution in [-0.2, 0) is 9.47 Å². The van der Waals surface area contributed by atoms with Crippen LogP contribution in [0.1, 0.15) is 34.1 Å². The molecule has 1 atom stereocenters. The maximum atomic E-state index is 5.55. The van der Waals surface area contributed by atoms with Crippen molar-refractivity contribution in [1.29, 1.82) is 0 Å². The fourth-order valence-corrected chi connectivity index (χ4v) is 1.07. The van der Waals surface area contributed by atoms with Crippen LogP contribution in [0.25, 0.3) is 0 Å². The van der Waals surface area contributed by atoms with Crippen LogP contribution in [0.15, 0.2) is 0 Å². The summed E-state index contributed by atoms with van der Waals surface area (Å²) in [6.07, 6.45) is 1.74. The van der Waals surface area contributed by atoms with Crippen LogP contribution in [-0.4, -0.2) is 38.5 Å². The van der Waals surface area contributed by atoms with Crippen molar-refractivity contribution in [3.63, 3.8) is 0 Å². The number of ether oxygens (including phenoxy) is 2. The van der Waals surface area contributed by atoms with Gasteiger partial charge in [0.15, 0.2) is 0 Å². The number of rotatable bonds is 9. The smallest absolute Gasteiger partial charge is 0.0704 e. The third kappa shape index (κ3) is 9.96. The average Bonchev–Trinajstić information content (AvgIpc) is 2.13. The van der Waals surface area contributed by atoms with E-state index >= 15 is 0 Å². The second kappa shape index (κ2) is 9.44. The van der Waals surface area contributed by atoms with Gasteiger partial charge in [0.2, 0.25) is 0 Å². The fourth-order valence-electron chi connectivity index (χ4n) is 1.07. The van der Waals surface area contributed by atoms with E-state index in [9.17, 15) is 0 Å². The Labute approximate surface area is 88.2 Å². The molecular formula is C11H25NO2. The standard InChI is InChI=1S/C11H25NO2/c1-5-6-12-9-11(4)14-8-7-13-10(2)3/h10-12H,5-9H2,1-4H3. The number of hydrogen-bond acceptors (Lipinski definition) is 3. The molecule has 14 heavy (non-hydrogen) atoms. The van der Waals surface area contributed by atoms with Gasteiger partial charge in [-0.05, 0) is 33.7 Å². The van der Waals surface area contributed by atoms with Gasteiger partial charge in [-0.25, -0.2) is 0 Å². The van der Waals surface area contributed by atoms with Crippen LogP contribution in [0.3, 0.4) is 0 Å². The molecule has 0 rings (SSSR count). The summed E-state index contributed by atoms with van der Waals surface area (Å²) in [6, 6.07) is 0. The predicted molar refractivity (Wildman–Crippen MR) is 59.7 cm³/mol. The Bertz CT molecular complexity index is 118. The van der Waals surface area contributed by atoms with Gasteiger partial charge in [-0.2, -0.15) is 0 Å². The van der Waals surface area contributed by atoms with Gasteiger partial charge in [0, 0.05) is 6.54 Å². The molecule has 0 heterocycles. The highest BCUT2D eigenvalue weighted by atomic mass is 16.5. The van der Waals surface area contributed by atoms with E-state index in [0.29, 0.717) is 19.3 Å². The van der Waals surface area contributed by atoms with Gasteiger partial charge in [0.25, 0.3) is 0 Å². The Kier molecular flexibility index (Phi) is 9.35. The maximum absolute atomic E-state index is 5.55. The largest absolute Gasteiger partial charge is 0.376 e. The van der Waals surface area contributed by atoms with Crippen molar-refractivity contribution in [2.45, 2.75) is 46.3 Å². The van der Waals surface area contributed by atoms with E-state index in [0.717, 1.165) is 13.1 Å². The quantitative estimate of drug-likeness (QED) is 0.580. The first kappa shape index (κ1) is 13.9. The van der Waals surface area contributed by atoms with Gasteiger partial charge >= 0.3 is 0 Å². The Balaban J connectivity index is 3.14. The summed E-state index contributed by atoms with van der Waals surface area (Å²) in [4.78, 5) is 0. The van der Waals surface area contributed by atoms with Crippen LogP contribution in [0.4, 0.5) is 0 Å². The third-order valence-corrected chi connectivity index (χ3v) is 1.80. The first-order valence-corrected chi connectivity index (χ1v) is 5.60. The molecule has 0 spiro atoms. The van der Waals surface area contributed by atoms with Crippen molar-refractivity contribution in [3.8, 4) is 0 Å². The summed E-state index contributed by atoms with van der Waals surface area (Å²) in [5.41, 5.74) is 0. The molecule has 0 aliphatic carbocycles. The van der Waals surface area contributed by atoms with Crippen LogP contribution < -0.4 is 5.32 Å². The van der Waals surface area contributed by atoms with Crippen LogP contribution >= 0.6 is 0 Å². The molecule has 0 bridgehead atoms. The Morgan fingerprint density at radius 1 is 1.07 bits per heavy atom. The van der Waals surface area contributed by atoms with E-state index in [-0.39, 0.29) is 6.10 Å². The van der Waals surface area contributed by atoms with E-state index < -0.39 is 0 Å². The molecule has 1 unspecified atom stereocenters. The van der Waals surface area contributed by atoms with Gasteiger partial charge in [0.05, 0.1) is 25.4 Å². The van der Waals surface area contributed by atoms with Gasteiger partial charge in [-0.15, -0.1) is 0 Å². The molecule has 0 aliphatic rings. The monoisotopic (exact) mass is 203 g/mol. The summed E-state index contributed by atoms with van der Waals surface area (Å²) < 4.78 is 10.9. The minimum atomic E-state index is 0.275.